The first-order valence-corrected chi connectivity index (χ1v) is 40.2. The van der Waals surface area contributed by atoms with Gasteiger partial charge >= 0.3 is 291 Å². The third kappa shape index (κ3) is 5.70. The first-order valence-electron chi connectivity index (χ1n) is 16.8. The topological polar surface area (TPSA) is 0 Å². The van der Waals surface area contributed by atoms with E-state index in [0.29, 0.717) is 0 Å². The van der Waals surface area contributed by atoms with E-state index in [1.54, 1.807) is 0 Å². The van der Waals surface area contributed by atoms with E-state index in [2.05, 4.69) is 164 Å². The quantitative estimate of drug-likeness (QED) is 0.129. The van der Waals surface area contributed by atoms with Gasteiger partial charge < -0.3 is 0 Å². The van der Waals surface area contributed by atoms with Crippen molar-refractivity contribution in [2.75, 3.05) is 40.0 Å². The summed E-state index contributed by atoms with van der Waals surface area (Å²) < 4.78 is 0.203. The van der Waals surface area contributed by atoms with Gasteiger partial charge in [0.25, 0.3) is 0 Å². The van der Waals surface area contributed by atoms with Crippen LogP contribution in [0.15, 0.2) is 96.1 Å². The van der Waals surface area contributed by atoms with Gasteiger partial charge in [-0.1, -0.05) is 0 Å². The summed E-state index contributed by atoms with van der Waals surface area (Å²) in [7, 11) is 14.1. The Bertz CT molecular complexity index is 1790. The molecule has 0 radical (unpaired) electrons. The van der Waals surface area contributed by atoms with E-state index in [4.69, 9.17) is 17.0 Å². The molecular weight excluding hydrogens is 733 g/mol. The molecule has 2 aliphatic carbocycles. The minimum atomic E-state index is -4.73. The molecule has 4 aromatic rings. The number of rotatable bonds is 7. The monoisotopic (exact) mass is 781 g/mol. The van der Waals surface area contributed by atoms with Crippen molar-refractivity contribution in [3.8, 4) is 22.3 Å². The maximum atomic E-state index is 8.52. The first-order chi connectivity index (χ1) is 21.4. The first kappa shape index (κ1) is 34.8. The van der Waals surface area contributed by atoms with Crippen molar-refractivity contribution in [1.29, 1.82) is 0 Å². The van der Waals surface area contributed by atoms with Gasteiger partial charge in [0, 0.05) is 0 Å². The molecule has 0 fully saturated rings. The van der Waals surface area contributed by atoms with Crippen LogP contribution < -0.4 is 10.6 Å². The maximum absolute atomic E-state index is 8.52. The summed E-state index contributed by atoms with van der Waals surface area (Å²) in [4.78, 5) is 0. The molecule has 0 saturated carbocycles. The van der Waals surface area contributed by atoms with Gasteiger partial charge in [0.15, 0.2) is 0 Å². The van der Waals surface area contributed by atoms with Gasteiger partial charge in [-0.3, -0.25) is 0 Å². The number of allylic oxidation sites excluding steroid dienone is 2. The Balaban J connectivity index is 1.51. The predicted octanol–water partition coefficient (Wildman–Crippen LogP) is 11.1. The number of fused-ring (bicyclic) bond motifs is 2. The molecule has 6 heteroatoms. The van der Waals surface area contributed by atoms with Gasteiger partial charge in [0.1, 0.15) is 0 Å². The van der Waals surface area contributed by atoms with Crippen molar-refractivity contribution < 1.29 is 15.6 Å². The Morgan fingerprint density at radius 1 is 0.565 bits per heavy atom. The second kappa shape index (κ2) is 12.0. The summed E-state index contributed by atoms with van der Waals surface area (Å²) >= 11 is -4.73. The molecule has 0 saturated heterocycles. The van der Waals surface area contributed by atoms with Crippen LogP contribution >= 0.6 is 31.6 Å². The van der Waals surface area contributed by atoms with E-state index in [1.165, 1.54) is 66.3 Å². The van der Waals surface area contributed by atoms with Crippen LogP contribution in [0.2, 0.25) is 13.1 Å². The summed E-state index contributed by atoms with van der Waals surface area (Å²) in [5.41, 5.74) is 13.3. The van der Waals surface area contributed by atoms with Crippen LogP contribution in [0, 0.1) is 0 Å². The number of hydrogen-bond acceptors (Lipinski definition) is 0. The van der Waals surface area contributed by atoms with Crippen molar-refractivity contribution in [2.24, 2.45) is 0 Å². The SMILES string of the molecule is CC1=Cc2c(-c3cccc([PH](C)(C)C)c3)cccc2[CH]1[Zr]([Cl])([Cl])([CH]1C(C)=Cc2c(-c3cccc([PH](C)(C)C)c3)cccc21)[SiH](C)C. The zero-order valence-electron chi connectivity index (χ0n) is 29.2. The van der Waals surface area contributed by atoms with Gasteiger partial charge in [-0.2, -0.15) is 0 Å². The van der Waals surface area contributed by atoms with Gasteiger partial charge in [0.05, 0.1) is 0 Å². The summed E-state index contributed by atoms with van der Waals surface area (Å²) in [5, 5.41) is 2.98. The fourth-order valence-electron chi connectivity index (χ4n) is 8.21. The number of benzene rings is 4. The molecule has 0 aliphatic heterocycles. The standard InChI is InChI=1S/2C19H22P.C2H7Si.2ClH.Zr/c2*1-14-11-15-8-6-10-18(19(15)12-14)16-7-5-9-17(13-16)20(2,3)4;1-3-2;;;/h2*5-13,20H,1-4H3;3H,1-2H3;2*1H;/q;;;;;+2/p-2. The predicted molar refractivity (Wildman–Crippen MR) is 219 cm³/mol. The Labute approximate surface area is 288 Å². The molecule has 6 rings (SSSR count). The number of hydrogen-bond donors (Lipinski definition) is 0. The van der Waals surface area contributed by atoms with Gasteiger partial charge in [-0.05, 0) is 0 Å². The fourth-order valence-corrected chi connectivity index (χ4v) is 43.5. The fraction of sp³-hybridized carbons (Fsp3) is 0.300. The van der Waals surface area contributed by atoms with Crippen LogP contribution in [0.3, 0.4) is 0 Å². The molecule has 0 spiro atoms. The summed E-state index contributed by atoms with van der Waals surface area (Å²) in [6.45, 7) is 24.0. The summed E-state index contributed by atoms with van der Waals surface area (Å²) in [6.07, 6.45) is 4.86. The van der Waals surface area contributed by atoms with Crippen molar-refractivity contribution in [3.63, 3.8) is 0 Å². The van der Waals surface area contributed by atoms with Crippen molar-refractivity contribution in [3.05, 3.63) is 118 Å². The normalized spacial score (nSPS) is 19.6. The molecule has 46 heavy (non-hydrogen) atoms. The zero-order chi connectivity index (χ0) is 33.4. The van der Waals surface area contributed by atoms with Crippen LogP contribution in [-0.2, 0) is 15.6 Å². The molecule has 0 aromatic heterocycles. The van der Waals surface area contributed by atoms with E-state index in [0.717, 1.165) is 0 Å². The van der Waals surface area contributed by atoms with E-state index < -0.39 is 36.0 Å². The minimum absolute atomic E-state index is 0.102. The van der Waals surface area contributed by atoms with Crippen LogP contribution in [0.1, 0.15) is 43.4 Å². The van der Waals surface area contributed by atoms with Crippen LogP contribution in [-0.4, -0.2) is 45.9 Å². The molecule has 0 heterocycles. The second-order valence-electron chi connectivity index (χ2n) is 16.3. The third-order valence-corrected chi connectivity index (χ3v) is 67.2. The van der Waals surface area contributed by atoms with Crippen LogP contribution in [0.25, 0.3) is 34.4 Å². The summed E-state index contributed by atoms with van der Waals surface area (Å²) in [5.74, 6) is -1.59. The zero-order valence-corrected chi connectivity index (χ0v) is 36.4. The van der Waals surface area contributed by atoms with Gasteiger partial charge in [-0.15, -0.1) is 0 Å². The molecule has 4 aromatic carbocycles. The van der Waals surface area contributed by atoms with Crippen LogP contribution in [0.4, 0.5) is 0 Å². The second-order valence-corrected chi connectivity index (χ2v) is 69.0. The van der Waals surface area contributed by atoms with Crippen molar-refractivity contribution in [2.45, 2.75) is 34.2 Å². The molecule has 2 unspecified atom stereocenters. The average molecular weight is 784 g/mol. The number of halogens is 2. The van der Waals surface area contributed by atoms with Crippen molar-refractivity contribution >= 4 is 60.2 Å². The van der Waals surface area contributed by atoms with Gasteiger partial charge in [-0.25, -0.2) is 0 Å². The Kier molecular flexibility index (Phi) is 9.10. The molecular formula is C40H51Cl2P2SiZr. The van der Waals surface area contributed by atoms with E-state index >= 15 is 0 Å². The van der Waals surface area contributed by atoms with E-state index in [9.17, 15) is 0 Å². The van der Waals surface area contributed by atoms with E-state index in [1.807, 2.05) is 0 Å². The Morgan fingerprint density at radius 2 is 0.935 bits per heavy atom. The summed E-state index contributed by atoms with van der Waals surface area (Å²) in [6, 6.07) is 32.3. The molecule has 243 valence electrons. The Hall–Kier alpha value is -1.10. The molecule has 2 atom stereocenters. The molecule has 0 N–H and O–H groups in total. The molecule has 0 amide bonds. The Morgan fingerprint density at radius 3 is 1.28 bits per heavy atom. The van der Waals surface area contributed by atoms with Crippen molar-refractivity contribution in [1.82, 2.24) is 0 Å². The molecule has 0 nitrogen and oxygen atoms in total. The van der Waals surface area contributed by atoms with Crippen LogP contribution in [0.5, 0.6) is 0 Å². The molecule has 2 aliphatic rings. The molecule has 0 bridgehead atoms. The van der Waals surface area contributed by atoms with E-state index in [-0.39, 0.29) is 7.25 Å². The average Bonchev–Trinajstić information content (AvgIpc) is 3.52. The van der Waals surface area contributed by atoms with Gasteiger partial charge in [0.2, 0.25) is 0 Å². The third-order valence-electron chi connectivity index (χ3n) is 10.8.